The van der Waals surface area contributed by atoms with E-state index in [4.69, 9.17) is 21.1 Å². The maximum atomic E-state index is 12.3. The fraction of sp³-hybridized carbons (Fsp3) is 0.350. The molecule has 0 aliphatic heterocycles. The Morgan fingerprint density at radius 1 is 1.16 bits per heavy atom. The number of hydrogen-bond acceptors (Lipinski definition) is 3. The van der Waals surface area contributed by atoms with Crippen molar-refractivity contribution in [1.29, 1.82) is 0 Å². The minimum Gasteiger partial charge on any atom is -0.491 e. The number of halogens is 1. The Morgan fingerprint density at radius 3 is 2.52 bits per heavy atom. The van der Waals surface area contributed by atoms with E-state index >= 15 is 0 Å². The van der Waals surface area contributed by atoms with Crippen LogP contribution in [0.1, 0.15) is 24.5 Å². The number of hydrogen-bond donors (Lipinski definition) is 1. The van der Waals surface area contributed by atoms with Gasteiger partial charge in [-0.1, -0.05) is 36.2 Å². The first-order valence-corrected chi connectivity index (χ1v) is 8.77. The van der Waals surface area contributed by atoms with Crippen molar-refractivity contribution in [3.8, 4) is 11.5 Å². The van der Waals surface area contributed by atoms with Crippen LogP contribution in [0.3, 0.4) is 0 Å². The third-order valence-corrected chi connectivity index (χ3v) is 4.00. The summed E-state index contributed by atoms with van der Waals surface area (Å²) < 4.78 is 11.4. The fourth-order valence-corrected chi connectivity index (χ4v) is 2.54. The summed E-state index contributed by atoms with van der Waals surface area (Å²) in [5, 5.41) is 3.48. The van der Waals surface area contributed by atoms with Crippen molar-refractivity contribution in [3.05, 3.63) is 58.6 Å². The Hall–Kier alpha value is -2.20. The minimum atomic E-state index is -0.540. The molecule has 1 N–H and O–H groups in total. The number of aryl methyl sites for hydroxylation is 2. The van der Waals surface area contributed by atoms with E-state index in [1.54, 1.807) is 24.3 Å². The predicted octanol–water partition coefficient (Wildman–Crippen LogP) is 4.31. The number of nitrogens with one attached hydrogen (secondary N) is 1. The zero-order chi connectivity index (χ0) is 18.2. The Kier molecular flexibility index (Phi) is 7.14. The summed E-state index contributed by atoms with van der Waals surface area (Å²) in [7, 11) is 0. The highest BCUT2D eigenvalue weighted by atomic mass is 35.5. The SMILES string of the molecule is CCC(Oc1ccc(Cl)cc1)C(=O)NCCOc1ccc(C)cc1C. The molecule has 2 aromatic carbocycles. The van der Waals surface area contributed by atoms with Gasteiger partial charge in [-0.2, -0.15) is 0 Å². The van der Waals surface area contributed by atoms with Crippen molar-refractivity contribution in [2.24, 2.45) is 0 Å². The monoisotopic (exact) mass is 361 g/mol. The highest BCUT2D eigenvalue weighted by Gasteiger charge is 2.17. The summed E-state index contributed by atoms with van der Waals surface area (Å²) in [6.07, 6.45) is 0.0362. The number of carbonyl (C=O) groups excluding carboxylic acids is 1. The average molecular weight is 362 g/mol. The average Bonchev–Trinajstić information content (AvgIpc) is 2.59. The second-order valence-corrected chi connectivity index (χ2v) is 6.31. The predicted molar refractivity (Wildman–Crippen MR) is 101 cm³/mol. The van der Waals surface area contributed by atoms with Crippen molar-refractivity contribution < 1.29 is 14.3 Å². The van der Waals surface area contributed by atoms with Gasteiger partial charge < -0.3 is 14.8 Å². The van der Waals surface area contributed by atoms with E-state index in [1.165, 1.54) is 5.56 Å². The lowest BCUT2D eigenvalue weighted by molar-refractivity contribution is -0.128. The molecule has 4 nitrogen and oxygen atoms in total. The van der Waals surface area contributed by atoms with Gasteiger partial charge in [0, 0.05) is 5.02 Å². The smallest absolute Gasteiger partial charge is 0.261 e. The van der Waals surface area contributed by atoms with Crippen LogP contribution in [0.2, 0.25) is 5.02 Å². The quantitative estimate of drug-likeness (QED) is 0.713. The first-order valence-electron chi connectivity index (χ1n) is 8.39. The summed E-state index contributed by atoms with van der Waals surface area (Å²) in [4.78, 5) is 12.3. The molecule has 0 saturated heterocycles. The number of benzene rings is 2. The fourth-order valence-electron chi connectivity index (χ4n) is 2.41. The van der Waals surface area contributed by atoms with Gasteiger partial charge in [-0.15, -0.1) is 0 Å². The number of amides is 1. The summed E-state index contributed by atoms with van der Waals surface area (Å²) in [5.74, 6) is 1.31. The molecular weight excluding hydrogens is 338 g/mol. The van der Waals surface area contributed by atoms with Crippen molar-refractivity contribution in [3.63, 3.8) is 0 Å². The number of ether oxygens (including phenoxy) is 2. The largest absolute Gasteiger partial charge is 0.491 e. The van der Waals surface area contributed by atoms with Gasteiger partial charge in [0.2, 0.25) is 0 Å². The molecule has 1 atom stereocenters. The van der Waals surface area contributed by atoms with E-state index in [0.717, 1.165) is 11.3 Å². The van der Waals surface area contributed by atoms with Crippen molar-refractivity contribution in [2.75, 3.05) is 13.2 Å². The third kappa shape index (κ3) is 5.98. The number of rotatable bonds is 8. The highest BCUT2D eigenvalue weighted by molar-refractivity contribution is 6.30. The second-order valence-electron chi connectivity index (χ2n) is 5.88. The minimum absolute atomic E-state index is 0.151. The molecule has 0 saturated carbocycles. The lowest BCUT2D eigenvalue weighted by atomic mass is 10.1. The summed E-state index contributed by atoms with van der Waals surface area (Å²) in [6.45, 7) is 6.79. The van der Waals surface area contributed by atoms with Gasteiger partial charge in [0.1, 0.15) is 18.1 Å². The van der Waals surface area contributed by atoms with Gasteiger partial charge in [0.05, 0.1) is 6.54 Å². The van der Waals surface area contributed by atoms with E-state index in [0.29, 0.717) is 30.3 Å². The van der Waals surface area contributed by atoms with E-state index < -0.39 is 6.10 Å². The first kappa shape index (κ1) is 19.1. The van der Waals surface area contributed by atoms with Gasteiger partial charge in [-0.3, -0.25) is 4.79 Å². The van der Waals surface area contributed by atoms with Gasteiger partial charge in [-0.25, -0.2) is 0 Å². The maximum absolute atomic E-state index is 12.3. The zero-order valence-electron chi connectivity index (χ0n) is 14.8. The molecule has 25 heavy (non-hydrogen) atoms. The zero-order valence-corrected chi connectivity index (χ0v) is 15.6. The van der Waals surface area contributed by atoms with Crippen molar-refractivity contribution in [1.82, 2.24) is 5.32 Å². The summed E-state index contributed by atoms with van der Waals surface area (Å²) in [6, 6.07) is 13.0. The van der Waals surface area contributed by atoms with Crippen LogP contribution in [-0.2, 0) is 4.79 Å². The third-order valence-electron chi connectivity index (χ3n) is 3.74. The Balaban J connectivity index is 1.78. The molecular formula is C20H24ClNO3. The normalized spacial score (nSPS) is 11.7. The van der Waals surface area contributed by atoms with Crippen LogP contribution in [-0.4, -0.2) is 25.2 Å². The molecule has 134 valence electrons. The molecule has 1 amide bonds. The Morgan fingerprint density at radius 2 is 1.88 bits per heavy atom. The highest BCUT2D eigenvalue weighted by Crippen LogP contribution is 2.19. The molecule has 0 fully saturated rings. The van der Waals surface area contributed by atoms with E-state index in [2.05, 4.69) is 11.4 Å². The second kappa shape index (κ2) is 9.33. The molecule has 0 heterocycles. The Bertz CT molecular complexity index is 701. The molecule has 0 aromatic heterocycles. The van der Waals surface area contributed by atoms with E-state index in [-0.39, 0.29) is 5.91 Å². The summed E-state index contributed by atoms with van der Waals surface area (Å²) in [5.41, 5.74) is 2.28. The van der Waals surface area contributed by atoms with Gasteiger partial charge in [0.15, 0.2) is 6.10 Å². The molecule has 0 spiro atoms. The van der Waals surface area contributed by atoms with E-state index in [9.17, 15) is 4.79 Å². The van der Waals surface area contributed by atoms with Crippen LogP contribution in [0, 0.1) is 13.8 Å². The first-order chi connectivity index (χ1) is 12.0. The summed E-state index contributed by atoms with van der Waals surface area (Å²) >= 11 is 5.85. The molecule has 0 bridgehead atoms. The van der Waals surface area contributed by atoms with Crippen LogP contribution in [0.4, 0.5) is 0 Å². The van der Waals surface area contributed by atoms with Gasteiger partial charge in [-0.05, 0) is 56.2 Å². The van der Waals surface area contributed by atoms with E-state index in [1.807, 2.05) is 32.9 Å². The molecule has 2 rings (SSSR count). The topological polar surface area (TPSA) is 47.6 Å². The van der Waals surface area contributed by atoms with Crippen LogP contribution in [0.5, 0.6) is 11.5 Å². The standard InChI is InChI=1S/C20H24ClNO3/c1-4-18(25-17-8-6-16(21)7-9-17)20(23)22-11-12-24-19-10-5-14(2)13-15(19)3/h5-10,13,18H,4,11-12H2,1-3H3,(H,22,23). The van der Waals surface area contributed by atoms with Crippen LogP contribution in [0.15, 0.2) is 42.5 Å². The molecule has 5 heteroatoms. The molecule has 0 radical (unpaired) electrons. The van der Waals surface area contributed by atoms with Crippen LogP contribution < -0.4 is 14.8 Å². The molecule has 2 aromatic rings. The lowest BCUT2D eigenvalue weighted by Crippen LogP contribution is -2.39. The Labute approximate surface area is 154 Å². The van der Waals surface area contributed by atoms with Crippen molar-refractivity contribution >= 4 is 17.5 Å². The van der Waals surface area contributed by atoms with Gasteiger partial charge >= 0.3 is 0 Å². The number of carbonyl (C=O) groups is 1. The van der Waals surface area contributed by atoms with Crippen molar-refractivity contribution in [2.45, 2.75) is 33.3 Å². The van der Waals surface area contributed by atoms with Gasteiger partial charge in [0.25, 0.3) is 5.91 Å². The molecule has 1 unspecified atom stereocenters. The molecule has 0 aliphatic carbocycles. The van der Waals surface area contributed by atoms with Crippen LogP contribution in [0.25, 0.3) is 0 Å². The molecule has 0 aliphatic rings. The lowest BCUT2D eigenvalue weighted by Gasteiger charge is -2.17. The van der Waals surface area contributed by atoms with Crippen LogP contribution >= 0.6 is 11.6 Å². The maximum Gasteiger partial charge on any atom is 0.261 e.